The highest BCUT2D eigenvalue weighted by atomic mass is 16.1. The van der Waals surface area contributed by atoms with Gasteiger partial charge in [0.2, 0.25) is 0 Å². The van der Waals surface area contributed by atoms with Gasteiger partial charge in [-0.25, -0.2) is 0 Å². The third-order valence-corrected chi connectivity index (χ3v) is 4.18. The van der Waals surface area contributed by atoms with Crippen molar-refractivity contribution in [1.29, 1.82) is 0 Å². The SMILES string of the molecule is CC12CC(=O)C3CC(C1)C3C2. The van der Waals surface area contributed by atoms with Crippen LogP contribution in [0.2, 0.25) is 0 Å². The van der Waals surface area contributed by atoms with Crippen LogP contribution in [0.25, 0.3) is 0 Å². The molecular formula is C10H14O. The van der Waals surface area contributed by atoms with Crippen LogP contribution in [-0.4, -0.2) is 5.78 Å². The third-order valence-electron chi connectivity index (χ3n) is 4.18. The minimum Gasteiger partial charge on any atom is -0.299 e. The number of rotatable bonds is 0. The molecule has 1 nitrogen and oxygen atoms in total. The van der Waals surface area contributed by atoms with Gasteiger partial charge in [-0.15, -0.1) is 0 Å². The summed E-state index contributed by atoms with van der Waals surface area (Å²) in [7, 11) is 0. The van der Waals surface area contributed by atoms with Crippen LogP contribution in [0.1, 0.15) is 32.6 Å². The first-order valence-corrected chi connectivity index (χ1v) is 4.71. The summed E-state index contributed by atoms with van der Waals surface area (Å²) in [5.41, 5.74) is 0.430. The summed E-state index contributed by atoms with van der Waals surface area (Å²) in [6.45, 7) is 2.31. The number of carbonyl (C=O) groups excluding carboxylic acids is 1. The highest BCUT2D eigenvalue weighted by Gasteiger charge is 2.59. The summed E-state index contributed by atoms with van der Waals surface area (Å²) >= 11 is 0. The van der Waals surface area contributed by atoms with Gasteiger partial charge in [-0.2, -0.15) is 0 Å². The van der Waals surface area contributed by atoms with E-state index in [1.54, 1.807) is 0 Å². The molecule has 3 fully saturated rings. The minimum atomic E-state index is 0.430. The normalized spacial score (nSPS) is 59.4. The Balaban J connectivity index is 2.02. The fourth-order valence-corrected chi connectivity index (χ4v) is 3.70. The molecule has 3 rings (SSSR count). The first kappa shape index (κ1) is 6.22. The average Bonchev–Trinajstić information content (AvgIpc) is 2.08. The summed E-state index contributed by atoms with van der Waals surface area (Å²) < 4.78 is 0. The number of hydrogen-bond acceptors (Lipinski definition) is 1. The van der Waals surface area contributed by atoms with Crippen LogP contribution in [0.5, 0.6) is 0 Å². The Kier molecular flexibility index (Phi) is 0.875. The molecule has 0 N–H and O–H groups in total. The standard InChI is InChI=1S/C10H14O/c1-10-3-6-2-7(8(6)4-10)9(11)5-10/h6-8H,2-5H2,1H3. The first-order chi connectivity index (χ1) is 5.18. The Labute approximate surface area is 67.2 Å². The zero-order chi connectivity index (χ0) is 7.64. The van der Waals surface area contributed by atoms with Gasteiger partial charge in [0.1, 0.15) is 5.78 Å². The number of carbonyl (C=O) groups is 1. The maximum absolute atomic E-state index is 11.5. The summed E-state index contributed by atoms with van der Waals surface area (Å²) in [6, 6.07) is 0. The van der Waals surface area contributed by atoms with E-state index in [4.69, 9.17) is 0 Å². The molecule has 3 saturated carbocycles. The van der Waals surface area contributed by atoms with Crippen molar-refractivity contribution in [3.05, 3.63) is 0 Å². The van der Waals surface area contributed by atoms with Crippen LogP contribution in [0.4, 0.5) is 0 Å². The molecular weight excluding hydrogens is 136 g/mol. The molecule has 0 heterocycles. The van der Waals surface area contributed by atoms with Crippen molar-refractivity contribution in [2.75, 3.05) is 0 Å². The van der Waals surface area contributed by atoms with E-state index in [0.717, 1.165) is 18.3 Å². The van der Waals surface area contributed by atoms with E-state index in [2.05, 4.69) is 6.92 Å². The van der Waals surface area contributed by atoms with Crippen molar-refractivity contribution < 1.29 is 4.79 Å². The van der Waals surface area contributed by atoms with Crippen LogP contribution in [0, 0.1) is 23.2 Å². The van der Waals surface area contributed by atoms with Crippen molar-refractivity contribution in [3.63, 3.8) is 0 Å². The molecule has 0 aromatic rings. The predicted molar refractivity (Wildman–Crippen MR) is 42.1 cm³/mol. The lowest BCUT2D eigenvalue weighted by molar-refractivity contribution is -0.133. The molecule has 0 aliphatic heterocycles. The molecule has 0 aromatic heterocycles. The molecule has 4 unspecified atom stereocenters. The predicted octanol–water partition coefficient (Wildman–Crippen LogP) is 2.01. The zero-order valence-corrected chi connectivity index (χ0v) is 6.97. The largest absolute Gasteiger partial charge is 0.299 e. The van der Waals surface area contributed by atoms with Gasteiger partial charge in [0.05, 0.1) is 0 Å². The minimum absolute atomic E-state index is 0.430. The van der Waals surface area contributed by atoms with E-state index in [1.165, 1.54) is 19.3 Å². The van der Waals surface area contributed by atoms with Crippen LogP contribution >= 0.6 is 0 Å². The third kappa shape index (κ3) is 0.605. The Hall–Kier alpha value is -0.330. The number of Topliss-reactive ketones (excluding diaryl/α,β-unsaturated/α-hetero) is 1. The van der Waals surface area contributed by atoms with E-state index in [0.29, 0.717) is 17.1 Å². The van der Waals surface area contributed by atoms with Gasteiger partial charge in [-0.1, -0.05) is 6.92 Å². The molecule has 0 aromatic carbocycles. The van der Waals surface area contributed by atoms with Crippen molar-refractivity contribution in [3.8, 4) is 0 Å². The Morgan fingerprint density at radius 1 is 1.45 bits per heavy atom. The maximum Gasteiger partial charge on any atom is 0.136 e. The fourth-order valence-electron chi connectivity index (χ4n) is 3.70. The average molecular weight is 150 g/mol. The molecule has 0 amide bonds. The zero-order valence-electron chi connectivity index (χ0n) is 6.97. The fraction of sp³-hybridized carbons (Fsp3) is 0.900. The quantitative estimate of drug-likeness (QED) is 0.516. The van der Waals surface area contributed by atoms with E-state index >= 15 is 0 Å². The molecule has 0 saturated heterocycles. The molecule has 3 aliphatic carbocycles. The Morgan fingerprint density at radius 2 is 2.27 bits per heavy atom. The lowest BCUT2D eigenvalue weighted by Crippen LogP contribution is -2.40. The van der Waals surface area contributed by atoms with E-state index in [-0.39, 0.29) is 0 Å². The topological polar surface area (TPSA) is 17.1 Å². The molecule has 4 atom stereocenters. The summed E-state index contributed by atoms with van der Waals surface area (Å²) in [6.07, 6.45) is 4.83. The van der Waals surface area contributed by atoms with E-state index in [9.17, 15) is 4.79 Å². The van der Waals surface area contributed by atoms with Gasteiger partial charge in [0.15, 0.2) is 0 Å². The van der Waals surface area contributed by atoms with Crippen molar-refractivity contribution in [2.45, 2.75) is 32.6 Å². The highest BCUT2D eigenvalue weighted by molar-refractivity contribution is 5.84. The maximum atomic E-state index is 11.5. The molecule has 1 heteroatoms. The molecule has 0 radical (unpaired) electrons. The monoisotopic (exact) mass is 150 g/mol. The number of ketones is 1. The lowest BCUT2D eigenvalue weighted by atomic mass is 9.62. The van der Waals surface area contributed by atoms with Gasteiger partial charge in [0, 0.05) is 12.3 Å². The smallest absolute Gasteiger partial charge is 0.136 e. The van der Waals surface area contributed by atoms with Crippen LogP contribution < -0.4 is 0 Å². The second-order valence-corrected chi connectivity index (χ2v) is 5.13. The molecule has 0 spiro atoms. The van der Waals surface area contributed by atoms with Gasteiger partial charge in [-0.05, 0) is 36.5 Å². The van der Waals surface area contributed by atoms with Crippen LogP contribution in [0.15, 0.2) is 0 Å². The summed E-state index contributed by atoms with van der Waals surface area (Å²) in [4.78, 5) is 11.5. The Morgan fingerprint density at radius 3 is 3.09 bits per heavy atom. The van der Waals surface area contributed by atoms with Gasteiger partial charge < -0.3 is 0 Å². The van der Waals surface area contributed by atoms with Crippen LogP contribution in [0.3, 0.4) is 0 Å². The van der Waals surface area contributed by atoms with Gasteiger partial charge in [0.25, 0.3) is 0 Å². The lowest BCUT2D eigenvalue weighted by Gasteiger charge is -2.41. The highest BCUT2D eigenvalue weighted by Crippen LogP contribution is 2.63. The van der Waals surface area contributed by atoms with Crippen LogP contribution in [-0.2, 0) is 4.79 Å². The van der Waals surface area contributed by atoms with Crippen molar-refractivity contribution >= 4 is 5.78 Å². The molecule has 11 heavy (non-hydrogen) atoms. The van der Waals surface area contributed by atoms with Gasteiger partial charge >= 0.3 is 0 Å². The van der Waals surface area contributed by atoms with E-state index in [1.807, 2.05) is 0 Å². The number of fused-ring (bicyclic) bond motifs is 1. The summed E-state index contributed by atoms with van der Waals surface area (Å²) in [5, 5.41) is 0. The summed E-state index contributed by atoms with van der Waals surface area (Å²) in [5.74, 6) is 2.85. The van der Waals surface area contributed by atoms with E-state index < -0.39 is 0 Å². The first-order valence-electron chi connectivity index (χ1n) is 4.71. The molecule has 60 valence electrons. The second-order valence-electron chi connectivity index (χ2n) is 5.13. The second kappa shape index (κ2) is 1.55. The number of hydrogen-bond donors (Lipinski definition) is 0. The molecule has 2 bridgehead atoms. The van der Waals surface area contributed by atoms with Crippen molar-refractivity contribution in [2.24, 2.45) is 23.2 Å². The van der Waals surface area contributed by atoms with Gasteiger partial charge in [-0.3, -0.25) is 4.79 Å². The molecule has 3 aliphatic rings. The van der Waals surface area contributed by atoms with Crippen molar-refractivity contribution in [1.82, 2.24) is 0 Å². The Bertz CT molecular complexity index is 229.